The lowest BCUT2D eigenvalue weighted by Gasteiger charge is -2.20. The Balaban J connectivity index is 1.56. The maximum absolute atomic E-state index is 12.2. The molecule has 0 bridgehead atoms. The molecule has 1 fully saturated rings. The number of nitrogens with zero attached hydrogens (tertiary/aromatic N) is 3. The number of aromatic nitrogens is 4. The summed E-state index contributed by atoms with van der Waals surface area (Å²) in [4.78, 5) is 29.5. The van der Waals surface area contributed by atoms with Crippen molar-refractivity contribution in [1.82, 2.24) is 25.1 Å². The highest BCUT2D eigenvalue weighted by Gasteiger charge is 2.19. The Morgan fingerprint density at radius 1 is 1.34 bits per heavy atom. The Morgan fingerprint density at radius 2 is 2.10 bits per heavy atom. The van der Waals surface area contributed by atoms with Crippen LogP contribution in [0.4, 0.5) is 5.13 Å². The second-order valence-corrected chi connectivity index (χ2v) is 8.60. The van der Waals surface area contributed by atoms with Crippen LogP contribution < -0.4 is 10.6 Å². The van der Waals surface area contributed by atoms with Crippen LogP contribution in [0.15, 0.2) is 12.7 Å². The minimum absolute atomic E-state index is 0.0608. The van der Waals surface area contributed by atoms with Gasteiger partial charge in [-0.3, -0.25) is 19.3 Å². The summed E-state index contributed by atoms with van der Waals surface area (Å²) in [7, 11) is 0. The molecule has 0 unspecified atom stereocenters. The van der Waals surface area contributed by atoms with Gasteiger partial charge in [0.05, 0.1) is 17.1 Å². The minimum atomic E-state index is -0.299. The number of anilines is 1. The van der Waals surface area contributed by atoms with Gasteiger partial charge in [-0.05, 0) is 37.9 Å². The zero-order valence-electron chi connectivity index (χ0n) is 16.5. The van der Waals surface area contributed by atoms with Crippen molar-refractivity contribution < 1.29 is 9.59 Å². The first-order chi connectivity index (χ1) is 14.0. The van der Waals surface area contributed by atoms with Crippen LogP contribution in [0, 0.1) is 17.6 Å². The number of allylic oxidation sites excluding steroid dienone is 1. The summed E-state index contributed by atoms with van der Waals surface area (Å²) in [5, 5.41) is 13.0. The van der Waals surface area contributed by atoms with Gasteiger partial charge in [0.1, 0.15) is 0 Å². The zero-order valence-corrected chi connectivity index (χ0v) is 18.1. The van der Waals surface area contributed by atoms with E-state index in [0.29, 0.717) is 34.6 Å². The highest BCUT2D eigenvalue weighted by Crippen LogP contribution is 2.31. The molecule has 8 nitrogen and oxygen atoms in total. The van der Waals surface area contributed by atoms with Gasteiger partial charge in [-0.1, -0.05) is 36.7 Å². The third kappa shape index (κ3) is 5.60. The summed E-state index contributed by atoms with van der Waals surface area (Å²) >= 11 is 6.56. The van der Waals surface area contributed by atoms with Crippen LogP contribution in [0.5, 0.6) is 0 Å². The van der Waals surface area contributed by atoms with Gasteiger partial charge in [0.25, 0.3) is 0 Å². The molecular formula is C19H26N6O2S2. The summed E-state index contributed by atoms with van der Waals surface area (Å²) in [6.07, 6.45) is 8.09. The highest BCUT2D eigenvalue weighted by molar-refractivity contribution is 7.71. The van der Waals surface area contributed by atoms with Crippen LogP contribution in [0.3, 0.4) is 0 Å². The molecule has 1 aliphatic carbocycles. The highest BCUT2D eigenvalue weighted by atomic mass is 32.1. The predicted octanol–water partition coefficient (Wildman–Crippen LogP) is 3.58. The fourth-order valence-corrected chi connectivity index (χ4v) is 4.70. The quantitative estimate of drug-likeness (QED) is 0.435. The first-order valence-corrected chi connectivity index (χ1v) is 11.0. The molecule has 2 heterocycles. The molecule has 1 aliphatic rings. The van der Waals surface area contributed by atoms with Crippen LogP contribution >= 0.6 is 23.6 Å². The molecule has 29 heavy (non-hydrogen) atoms. The maximum Gasteiger partial charge on any atom is 0.245 e. The Labute approximate surface area is 178 Å². The topological polar surface area (TPSA) is 105 Å². The Morgan fingerprint density at radius 3 is 2.83 bits per heavy atom. The van der Waals surface area contributed by atoms with Crippen molar-refractivity contribution in [2.45, 2.75) is 52.0 Å². The SMILES string of the molecule is C=CCn1c(-c2sc(NC(=O)CNC(=O)CC3CCCCC3)nc2C)n[nH]c1=S. The molecule has 10 heteroatoms. The van der Waals surface area contributed by atoms with Gasteiger partial charge in [-0.2, -0.15) is 5.10 Å². The molecule has 0 saturated heterocycles. The van der Waals surface area contributed by atoms with E-state index in [2.05, 4.69) is 32.4 Å². The standard InChI is InChI=1S/C19H26N6O2S2/c1-3-9-25-17(23-24-19(25)28)16-12(2)21-18(29-16)22-15(27)11-20-14(26)10-13-7-5-4-6-8-13/h3,13H,1,4-11H2,2H3,(H,20,26)(H,24,28)(H,21,22,27). The number of amides is 2. The number of H-pyrrole nitrogens is 1. The number of aromatic amines is 1. The van der Waals surface area contributed by atoms with Crippen molar-refractivity contribution in [3.8, 4) is 10.7 Å². The maximum atomic E-state index is 12.2. The van der Waals surface area contributed by atoms with Gasteiger partial charge in [-0.15, -0.1) is 6.58 Å². The van der Waals surface area contributed by atoms with Gasteiger partial charge in [0, 0.05) is 13.0 Å². The van der Waals surface area contributed by atoms with Gasteiger partial charge in [0.15, 0.2) is 15.7 Å². The zero-order chi connectivity index (χ0) is 20.8. The normalized spacial score (nSPS) is 14.5. The monoisotopic (exact) mass is 434 g/mol. The lowest BCUT2D eigenvalue weighted by molar-refractivity contribution is -0.125. The average Bonchev–Trinajstić information content (AvgIpc) is 3.23. The molecule has 0 aromatic carbocycles. The number of nitrogens with one attached hydrogen (secondary N) is 3. The predicted molar refractivity (Wildman–Crippen MR) is 116 cm³/mol. The largest absolute Gasteiger partial charge is 0.347 e. The van der Waals surface area contributed by atoms with Crippen LogP contribution in [0.2, 0.25) is 0 Å². The van der Waals surface area contributed by atoms with Crippen LogP contribution in [-0.2, 0) is 16.1 Å². The van der Waals surface area contributed by atoms with E-state index < -0.39 is 0 Å². The molecule has 2 aromatic heterocycles. The molecule has 0 radical (unpaired) electrons. The fourth-order valence-electron chi connectivity index (χ4n) is 3.51. The van der Waals surface area contributed by atoms with E-state index in [1.165, 1.54) is 30.6 Å². The Bertz CT molecular complexity index is 939. The molecule has 1 saturated carbocycles. The van der Waals surface area contributed by atoms with E-state index in [1.54, 1.807) is 6.08 Å². The van der Waals surface area contributed by atoms with E-state index in [-0.39, 0.29) is 18.4 Å². The lowest BCUT2D eigenvalue weighted by atomic mass is 9.87. The Kier molecular flexibility index (Phi) is 7.32. The molecule has 2 aromatic rings. The summed E-state index contributed by atoms with van der Waals surface area (Å²) in [6.45, 7) is 6.05. The average molecular weight is 435 g/mol. The summed E-state index contributed by atoms with van der Waals surface area (Å²) in [5.41, 5.74) is 0.742. The van der Waals surface area contributed by atoms with Crippen LogP contribution in [0.25, 0.3) is 10.7 Å². The number of carbonyl (C=O) groups excluding carboxylic acids is 2. The molecule has 3 N–H and O–H groups in total. The molecule has 0 aliphatic heterocycles. The van der Waals surface area contributed by atoms with Crippen molar-refractivity contribution in [3.05, 3.63) is 23.1 Å². The van der Waals surface area contributed by atoms with Gasteiger partial charge in [0.2, 0.25) is 11.8 Å². The summed E-state index contributed by atoms with van der Waals surface area (Å²) in [6, 6.07) is 0. The fraction of sp³-hybridized carbons (Fsp3) is 0.526. The van der Waals surface area contributed by atoms with Crippen molar-refractivity contribution in [3.63, 3.8) is 0 Å². The summed E-state index contributed by atoms with van der Waals surface area (Å²) in [5.74, 6) is 0.739. The molecule has 2 amide bonds. The first kappa shape index (κ1) is 21.4. The first-order valence-electron chi connectivity index (χ1n) is 9.78. The molecule has 0 atom stereocenters. The van der Waals surface area contributed by atoms with E-state index in [1.807, 2.05) is 11.5 Å². The second kappa shape index (κ2) is 9.93. The Hall–Kier alpha value is -2.33. The molecule has 0 spiro atoms. The second-order valence-electron chi connectivity index (χ2n) is 7.22. The molecule has 156 valence electrons. The number of hydrogen-bond acceptors (Lipinski definition) is 6. The van der Waals surface area contributed by atoms with Gasteiger partial charge in [-0.25, -0.2) is 4.98 Å². The van der Waals surface area contributed by atoms with Crippen molar-refractivity contribution in [1.29, 1.82) is 0 Å². The number of thiazole rings is 1. The minimum Gasteiger partial charge on any atom is -0.347 e. The summed E-state index contributed by atoms with van der Waals surface area (Å²) < 4.78 is 2.32. The number of rotatable bonds is 8. The van der Waals surface area contributed by atoms with Crippen LogP contribution in [-0.4, -0.2) is 38.1 Å². The number of hydrogen-bond donors (Lipinski definition) is 3. The number of carbonyl (C=O) groups is 2. The molecular weight excluding hydrogens is 408 g/mol. The molecule has 3 rings (SSSR count). The lowest BCUT2D eigenvalue weighted by Crippen LogP contribution is -2.34. The van der Waals surface area contributed by atoms with Crippen molar-refractivity contribution >= 4 is 40.5 Å². The smallest absolute Gasteiger partial charge is 0.245 e. The van der Waals surface area contributed by atoms with Crippen molar-refractivity contribution in [2.24, 2.45) is 5.92 Å². The number of aryl methyl sites for hydroxylation is 1. The van der Waals surface area contributed by atoms with Gasteiger partial charge >= 0.3 is 0 Å². The van der Waals surface area contributed by atoms with E-state index >= 15 is 0 Å². The van der Waals surface area contributed by atoms with E-state index in [4.69, 9.17) is 12.2 Å². The van der Waals surface area contributed by atoms with E-state index in [0.717, 1.165) is 23.4 Å². The third-order valence-electron chi connectivity index (χ3n) is 4.96. The van der Waals surface area contributed by atoms with Gasteiger partial charge < -0.3 is 10.6 Å². The van der Waals surface area contributed by atoms with Crippen molar-refractivity contribution in [2.75, 3.05) is 11.9 Å². The third-order valence-corrected chi connectivity index (χ3v) is 6.34. The van der Waals surface area contributed by atoms with Crippen LogP contribution in [0.1, 0.15) is 44.2 Å². The van der Waals surface area contributed by atoms with E-state index in [9.17, 15) is 9.59 Å².